The number of amides is 1. The van der Waals surface area contributed by atoms with E-state index in [-0.39, 0.29) is 12.5 Å². The van der Waals surface area contributed by atoms with E-state index in [0.717, 1.165) is 64.2 Å². The number of carbonyl (C=O) groups is 1. The average molecular weight is 700 g/mol. The highest BCUT2D eigenvalue weighted by molar-refractivity contribution is 5.76. The number of aliphatic hydroxyl groups excluding tert-OH is 5. The number of unbranched alkanes of at least 4 members (excludes halogenated alkanes) is 21. The van der Waals surface area contributed by atoms with Crippen LogP contribution in [0.15, 0.2) is 12.2 Å². The summed E-state index contributed by atoms with van der Waals surface area (Å²) in [6.45, 7) is 3.77. The molecule has 7 atom stereocenters. The van der Waals surface area contributed by atoms with Crippen molar-refractivity contribution < 1.29 is 39.8 Å². The molecule has 0 aromatic rings. The number of hydrogen-bond donors (Lipinski definition) is 6. The number of carbonyl (C=O) groups excluding carboxylic acids is 1. The fourth-order valence-corrected chi connectivity index (χ4v) is 6.49. The van der Waals surface area contributed by atoms with Crippen molar-refractivity contribution in [1.82, 2.24) is 5.32 Å². The summed E-state index contributed by atoms with van der Waals surface area (Å²) in [5.41, 5.74) is 0. The molecule has 1 amide bonds. The van der Waals surface area contributed by atoms with Gasteiger partial charge in [-0.05, 0) is 32.1 Å². The molecule has 1 fully saturated rings. The van der Waals surface area contributed by atoms with Crippen LogP contribution in [-0.4, -0.2) is 87.5 Å². The maximum atomic E-state index is 12.9. The van der Waals surface area contributed by atoms with Crippen LogP contribution in [0.5, 0.6) is 0 Å². The topological polar surface area (TPSA) is 149 Å². The third-order valence-corrected chi connectivity index (χ3v) is 9.87. The maximum absolute atomic E-state index is 12.9. The molecule has 7 unspecified atom stereocenters. The van der Waals surface area contributed by atoms with Crippen LogP contribution in [0.25, 0.3) is 0 Å². The highest BCUT2D eigenvalue weighted by atomic mass is 16.7. The van der Waals surface area contributed by atoms with E-state index in [2.05, 4.69) is 31.3 Å². The van der Waals surface area contributed by atoms with Crippen molar-refractivity contribution in [2.45, 2.75) is 224 Å². The van der Waals surface area contributed by atoms with Gasteiger partial charge in [0.2, 0.25) is 5.91 Å². The van der Waals surface area contributed by atoms with Gasteiger partial charge in [0.25, 0.3) is 0 Å². The van der Waals surface area contributed by atoms with Crippen LogP contribution < -0.4 is 5.32 Å². The number of allylic oxidation sites excluding steroid dienone is 2. The Bertz CT molecular complexity index is 781. The Morgan fingerprint density at radius 3 is 1.71 bits per heavy atom. The number of nitrogens with one attached hydrogen (secondary N) is 1. The molecule has 0 saturated carbocycles. The van der Waals surface area contributed by atoms with Crippen molar-refractivity contribution >= 4 is 5.91 Å². The van der Waals surface area contributed by atoms with Crippen molar-refractivity contribution in [2.75, 3.05) is 13.2 Å². The molecule has 1 heterocycles. The minimum atomic E-state index is -1.55. The third kappa shape index (κ3) is 23.2. The van der Waals surface area contributed by atoms with Gasteiger partial charge in [-0.2, -0.15) is 0 Å². The zero-order valence-electron chi connectivity index (χ0n) is 31.5. The SMILES string of the molecule is CCCC/C=C\CCCCCCCC(=O)NC(COC1OC(CO)C(O)C(O)C1O)C(O)CCCCCCCCCCCCCCCCC. The molecular formula is C40H77NO8. The van der Waals surface area contributed by atoms with Crippen molar-refractivity contribution in [3.8, 4) is 0 Å². The summed E-state index contributed by atoms with van der Waals surface area (Å²) in [4.78, 5) is 12.9. The summed E-state index contributed by atoms with van der Waals surface area (Å²) in [5, 5.41) is 54.1. The Labute approximate surface area is 299 Å². The van der Waals surface area contributed by atoms with Crippen LogP contribution in [0.2, 0.25) is 0 Å². The van der Waals surface area contributed by atoms with Gasteiger partial charge >= 0.3 is 0 Å². The number of aliphatic hydroxyl groups is 5. The van der Waals surface area contributed by atoms with Crippen molar-refractivity contribution in [3.05, 3.63) is 12.2 Å². The Morgan fingerprint density at radius 1 is 0.673 bits per heavy atom. The lowest BCUT2D eigenvalue weighted by Gasteiger charge is -2.40. The summed E-state index contributed by atoms with van der Waals surface area (Å²) in [6, 6.07) is -0.717. The molecule has 1 aliphatic rings. The summed E-state index contributed by atoms with van der Waals surface area (Å²) in [7, 11) is 0. The molecule has 9 heteroatoms. The summed E-state index contributed by atoms with van der Waals surface area (Å²) >= 11 is 0. The molecular weight excluding hydrogens is 622 g/mol. The van der Waals surface area contributed by atoms with Crippen LogP contribution in [0, 0.1) is 0 Å². The average Bonchev–Trinajstić information content (AvgIpc) is 3.10. The zero-order valence-corrected chi connectivity index (χ0v) is 31.5. The van der Waals surface area contributed by atoms with Gasteiger partial charge in [-0.25, -0.2) is 0 Å². The van der Waals surface area contributed by atoms with E-state index in [4.69, 9.17) is 9.47 Å². The predicted octanol–water partition coefficient (Wildman–Crippen LogP) is 7.39. The van der Waals surface area contributed by atoms with Gasteiger partial charge in [-0.3, -0.25) is 4.79 Å². The predicted molar refractivity (Wildman–Crippen MR) is 198 cm³/mol. The van der Waals surface area contributed by atoms with Gasteiger partial charge in [0.1, 0.15) is 24.4 Å². The molecule has 0 aromatic heterocycles. The van der Waals surface area contributed by atoms with Gasteiger partial charge in [-0.1, -0.05) is 154 Å². The lowest BCUT2D eigenvalue weighted by Crippen LogP contribution is -2.60. The van der Waals surface area contributed by atoms with E-state index in [1.807, 2.05) is 0 Å². The smallest absolute Gasteiger partial charge is 0.220 e. The quantitative estimate of drug-likeness (QED) is 0.0307. The van der Waals surface area contributed by atoms with Crippen LogP contribution in [-0.2, 0) is 14.3 Å². The molecule has 290 valence electrons. The first-order valence-corrected chi connectivity index (χ1v) is 20.4. The Hall–Kier alpha value is -1.07. The van der Waals surface area contributed by atoms with Gasteiger partial charge < -0.3 is 40.3 Å². The lowest BCUT2D eigenvalue weighted by atomic mass is 9.99. The summed E-state index contributed by atoms with van der Waals surface area (Å²) < 4.78 is 11.2. The van der Waals surface area contributed by atoms with E-state index in [1.54, 1.807) is 0 Å². The van der Waals surface area contributed by atoms with E-state index < -0.39 is 49.5 Å². The molecule has 1 rings (SSSR count). The van der Waals surface area contributed by atoms with Crippen LogP contribution in [0.3, 0.4) is 0 Å². The fraction of sp³-hybridized carbons (Fsp3) is 0.925. The minimum absolute atomic E-state index is 0.139. The molecule has 9 nitrogen and oxygen atoms in total. The van der Waals surface area contributed by atoms with Gasteiger partial charge in [0.15, 0.2) is 6.29 Å². The van der Waals surface area contributed by atoms with E-state index >= 15 is 0 Å². The van der Waals surface area contributed by atoms with E-state index in [1.165, 1.54) is 89.9 Å². The second-order valence-corrected chi connectivity index (χ2v) is 14.4. The van der Waals surface area contributed by atoms with Crippen molar-refractivity contribution in [3.63, 3.8) is 0 Å². The van der Waals surface area contributed by atoms with Gasteiger partial charge in [0, 0.05) is 6.42 Å². The Balaban J connectivity index is 2.39. The first-order valence-electron chi connectivity index (χ1n) is 20.4. The fourth-order valence-electron chi connectivity index (χ4n) is 6.49. The van der Waals surface area contributed by atoms with E-state index in [9.17, 15) is 30.3 Å². The Morgan fingerprint density at radius 2 is 1.16 bits per heavy atom. The molecule has 0 bridgehead atoms. The number of ether oxygens (including phenoxy) is 2. The maximum Gasteiger partial charge on any atom is 0.220 e. The first kappa shape index (κ1) is 46.0. The normalized spacial score (nSPS) is 22.5. The number of hydrogen-bond acceptors (Lipinski definition) is 8. The summed E-state index contributed by atoms with van der Waals surface area (Å²) in [5.74, 6) is -0.156. The zero-order chi connectivity index (χ0) is 36.0. The standard InChI is InChI=1S/C40H77NO8/c1-3-5-7-9-11-13-15-16-17-18-20-21-23-25-27-29-34(43)33(32-48-40-39(47)38(46)37(45)35(31-42)49-40)41-36(44)30-28-26-24-22-19-14-12-10-8-6-4-2/h10,12,33-35,37-40,42-43,45-47H,3-9,11,13-32H2,1-2H3,(H,41,44)/b12-10-. The Kier molecular flexibility index (Phi) is 29.7. The molecule has 0 aliphatic carbocycles. The highest BCUT2D eigenvalue weighted by Crippen LogP contribution is 2.23. The largest absolute Gasteiger partial charge is 0.394 e. The highest BCUT2D eigenvalue weighted by Gasteiger charge is 2.44. The first-order chi connectivity index (χ1) is 23.8. The molecule has 49 heavy (non-hydrogen) atoms. The second kappa shape index (κ2) is 31.6. The molecule has 1 aliphatic heterocycles. The van der Waals surface area contributed by atoms with Crippen LogP contribution >= 0.6 is 0 Å². The second-order valence-electron chi connectivity index (χ2n) is 14.4. The van der Waals surface area contributed by atoms with Gasteiger partial charge in [0.05, 0.1) is 25.4 Å². The third-order valence-electron chi connectivity index (χ3n) is 9.87. The monoisotopic (exact) mass is 700 g/mol. The minimum Gasteiger partial charge on any atom is -0.394 e. The number of rotatable bonds is 33. The van der Waals surface area contributed by atoms with Crippen LogP contribution in [0.1, 0.15) is 181 Å². The molecule has 1 saturated heterocycles. The summed E-state index contributed by atoms with van der Waals surface area (Å²) in [6.07, 6.45) is 26.4. The lowest BCUT2D eigenvalue weighted by molar-refractivity contribution is -0.302. The molecule has 0 radical (unpaired) electrons. The molecule has 6 N–H and O–H groups in total. The van der Waals surface area contributed by atoms with Crippen LogP contribution in [0.4, 0.5) is 0 Å². The van der Waals surface area contributed by atoms with Crippen molar-refractivity contribution in [1.29, 1.82) is 0 Å². The molecule has 0 aromatic carbocycles. The molecule has 0 spiro atoms. The van der Waals surface area contributed by atoms with Crippen molar-refractivity contribution in [2.24, 2.45) is 0 Å². The van der Waals surface area contributed by atoms with Gasteiger partial charge in [-0.15, -0.1) is 0 Å². The van der Waals surface area contributed by atoms with E-state index in [0.29, 0.717) is 12.8 Å².